The third-order valence-corrected chi connectivity index (χ3v) is 5.25. The molecule has 0 saturated carbocycles. The number of alkyl halides is 2. The van der Waals surface area contributed by atoms with Crippen molar-refractivity contribution < 1.29 is 13.6 Å². The number of halogens is 2. The van der Waals surface area contributed by atoms with E-state index >= 15 is 0 Å². The van der Waals surface area contributed by atoms with Crippen LogP contribution in [-0.4, -0.2) is 27.0 Å². The Kier molecular flexibility index (Phi) is 5.00. The summed E-state index contributed by atoms with van der Waals surface area (Å²) in [5.41, 5.74) is 1.65. The van der Waals surface area contributed by atoms with Crippen LogP contribution >= 0.6 is 22.7 Å². The number of imidazole rings is 1. The highest BCUT2D eigenvalue weighted by molar-refractivity contribution is 7.17. The maximum atomic E-state index is 12.7. The van der Waals surface area contributed by atoms with Crippen LogP contribution in [-0.2, 0) is 6.42 Å². The maximum absolute atomic E-state index is 12.7. The second kappa shape index (κ2) is 7.18. The molecule has 24 heavy (non-hydrogen) atoms. The summed E-state index contributed by atoms with van der Waals surface area (Å²) in [6.07, 6.45) is 2.78. The van der Waals surface area contributed by atoms with E-state index in [1.165, 1.54) is 23.7 Å². The molecular formula is C15H14F2N4OS2. The molecule has 9 heteroatoms. The number of hydrogen-bond donors (Lipinski definition) is 1. The average Bonchev–Trinajstić information content (AvgIpc) is 3.26. The number of hydrogen-bond acceptors (Lipinski definition) is 5. The van der Waals surface area contributed by atoms with Gasteiger partial charge in [-0.05, 0) is 18.4 Å². The van der Waals surface area contributed by atoms with Crippen molar-refractivity contribution in [1.82, 2.24) is 19.9 Å². The Morgan fingerprint density at radius 2 is 2.29 bits per heavy atom. The second-order valence-corrected chi connectivity index (χ2v) is 6.76. The molecule has 1 amide bonds. The highest BCUT2D eigenvalue weighted by Gasteiger charge is 2.17. The zero-order valence-electron chi connectivity index (χ0n) is 12.7. The molecule has 0 unspecified atom stereocenters. The van der Waals surface area contributed by atoms with Crippen molar-refractivity contribution in [2.45, 2.75) is 19.9 Å². The minimum atomic E-state index is -2.63. The highest BCUT2D eigenvalue weighted by atomic mass is 32.1. The lowest BCUT2D eigenvalue weighted by Crippen LogP contribution is -2.26. The van der Waals surface area contributed by atoms with Crippen LogP contribution in [0, 0.1) is 6.92 Å². The molecule has 0 saturated heterocycles. The third kappa shape index (κ3) is 3.51. The number of aryl methyl sites for hydroxylation is 1. The summed E-state index contributed by atoms with van der Waals surface area (Å²) in [7, 11) is 0. The summed E-state index contributed by atoms with van der Waals surface area (Å²) in [4.78, 5) is 21.1. The molecule has 126 valence electrons. The SMILES string of the molecule is Cc1nc(-c2ccsc2)sc1C(=O)NCCc1nccn1C(F)F. The smallest absolute Gasteiger partial charge is 0.319 e. The zero-order valence-corrected chi connectivity index (χ0v) is 14.3. The number of carbonyl (C=O) groups excluding carboxylic acids is 1. The molecule has 0 fully saturated rings. The average molecular weight is 368 g/mol. The summed E-state index contributed by atoms with van der Waals surface area (Å²) in [5, 5.41) is 7.47. The van der Waals surface area contributed by atoms with E-state index in [1.54, 1.807) is 18.3 Å². The summed E-state index contributed by atoms with van der Waals surface area (Å²) in [5.74, 6) is -0.00748. The summed E-state index contributed by atoms with van der Waals surface area (Å²) >= 11 is 2.89. The van der Waals surface area contributed by atoms with Gasteiger partial charge in [-0.2, -0.15) is 20.1 Å². The lowest BCUT2D eigenvalue weighted by Gasteiger charge is -2.07. The summed E-state index contributed by atoms with van der Waals surface area (Å²) < 4.78 is 26.3. The van der Waals surface area contributed by atoms with Crippen molar-refractivity contribution in [3.63, 3.8) is 0 Å². The molecule has 0 bridgehead atoms. The van der Waals surface area contributed by atoms with Crippen molar-refractivity contribution in [2.75, 3.05) is 6.54 Å². The van der Waals surface area contributed by atoms with E-state index in [0.717, 1.165) is 15.1 Å². The molecular weight excluding hydrogens is 354 g/mol. The predicted octanol–water partition coefficient (Wildman–Crippen LogP) is 3.74. The first-order valence-corrected chi connectivity index (χ1v) is 8.90. The Bertz CT molecular complexity index is 827. The fraction of sp³-hybridized carbons (Fsp3) is 0.267. The fourth-order valence-corrected chi connectivity index (χ4v) is 3.89. The van der Waals surface area contributed by atoms with E-state index in [1.807, 2.05) is 16.8 Å². The van der Waals surface area contributed by atoms with E-state index in [2.05, 4.69) is 15.3 Å². The molecule has 0 atom stereocenters. The fourth-order valence-electron chi connectivity index (χ4n) is 2.20. The van der Waals surface area contributed by atoms with Crippen molar-refractivity contribution in [2.24, 2.45) is 0 Å². The van der Waals surface area contributed by atoms with Gasteiger partial charge >= 0.3 is 6.55 Å². The number of thiophene rings is 1. The molecule has 0 spiro atoms. The summed E-state index contributed by atoms with van der Waals surface area (Å²) in [6, 6.07) is 1.95. The molecule has 0 aliphatic rings. The van der Waals surface area contributed by atoms with Gasteiger partial charge in [0.05, 0.1) is 5.69 Å². The minimum Gasteiger partial charge on any atom is -0.351 e. The Hall–Kier alpha value is -2.13. The first-order valence-electron chi connectivity index (χ1n) is 7.14. The van der Waals surface area contributed by atoms with E-state index < -0.39 is 6.55 Å². The molecule has 0 aliphatic carbocycles. The lowest BCUT2D eigenvalue weighted by molar-refractivity contribution is 0.0670. The van der Waals surface area contributed by atoms with Gasteiger partial charge in [0.25, 0.3) is 5.91 Å². The van der Waals surface area contributed by atoms with E-state index in [9.17, 15) is 13.6 Å². The van der Waals surface area contributed by atoms with Gasteiger partial charge in [-0.1, -0.05) is 0 Å². The van der Waals surface area contributed by atoms with Crippen LogP contribution in [0.5, 0.6) is 0 Å². The Morgan fingerprint density at radius 1 is 1.46 bits per heavy atom. The monoisotopic (exact) mass is 368 g/mol. The number of amides is 1. The number of rotatable bonds is 6. The second-order valence-electron chi connectivity index (χ2n) is 4.98. The Morgan fingerprint density at radius 3 is 3.00 bits per heavy atom. The lowest BCUT2D eigenvalue weighted by atomic mass is 10.3. The maximum Gasteiger partial charge on any atom is 0.319 e. The highest BCUT2D eigenvalue weighted by Crippen LogP contribution is 2.29. The molecule has 0 aromatic carbocycles. The largest absolute Gasteiger partial charge is 0.351 e. The number of nitrogens with zero attached hydrogens (tertiary/aromatic N) is 3. The number of carbonyl (C=O) groups is 1. The molecule has 3 aromatic rings. The summed E-state index contributed by atoms with van der Waals surface area (Å²) in [6.45, 7) is -0.617. The van der Waals surface area contributed by atoms with Gasteiger partial charge in [0.15, 0.2) is 0 Å². The Balaban J connectivity index is 1.62. The van der Waals surface area contributed by atoms with Gasteiger partial charge in [0, 0.05) is 36.3 Å². The quantitative estimate of drug-likeness (QED) is 0.721. The molecule has 3 heterocycles. The van der Waals surface area contributed by atoms with E-state index in [-0.39, 0.29) is 24.7 Å². The van der Waals surface area contributed by atoms with Gasteiger partial charge in [-0.15, -0.1) is 11.3 Å². The topological polar surface area (TPSA) is 59.8 Å². The van der Waals surface area contributed by atoms with Gasteiger partial charge < -0.3 is 5.32 Å². The first kappa shape index (κ1) is 16.7. The van der Waals surface area contributed by atoms with Crippen LogP contribution in [0.3, 0.4) is 0 Å². The van der Waals surface area contributed by atoms with Gasteiger partial charge in [-0.25, -0.2) is 9.97 Å². The Labute approximate surface area is 145 Å². The molecule has 0 aliphatic heterocycles. The van der Waals surface area contributed by atoms with Gasteiger partial charge in [0.2, 0.25) is 0 Å². The zero-order chi connectivity index (χ0) is 17.1. The normalized spacial score (nSPS) is 11.2. The first-order chi connectivity index (χ1) is 11.6. The molecule has 3 rings (SSSR count). The number of aromatic nitrogens is 3. The van der Waals surface area contributed by atoms with Crippen LogP contribution in [0.15, 0.2) is 29.2 Å². The van der Waals surface area contributed by atoms with Crippen molar-refractivity contribution >= 4 is 28.6 Å². The predicted molar refractivity (Wildman–Crippen MR) is 89.7 cm³/mol. The van der Waals surface area contributed by atoms with Gasteiger partial charge in [-0.3, -0.25) is 9.36 Å². The third-order valence-electron chi connectivity index (χ3n) is 3.36. The number of thiazole rings is 1. The van der Waals surface area contributed by atoms with Gasteiger partial charge in [0.1, 0.15) is 15.7 Å². The van der Waals surface area contributed by atoms with Crippen LogP contribution in [0.4, 0.5) is 8.78 Å². The molecule has 1 N–H and O–H groups in total. The van der Waals surface area contributed by atoms with Crippen molar-refractivity contribution in [3.8, 4) is 10.6 Å². The van der Waals surface area contributed by atoms with Crippen LogP contribution in [0.25, 0.3) is 10.6 Å². The minimum absolute atomic E-state index is 0.230. The van der Waals surface area contributed by atoms with Crippen molar-refractivity contribution in [1.29, 1.82) is 0 Å². The van der Waals surface area contributed by atoms with E-state index in [0.29, 0.717) is 10.6 Å². The van der Waals surface area contributed by atoms with Crippen LogP contribution in [0.2, 0.25) is 0 Å². The molecule has 3 aromatic heterocycles. The molecule has 5 nitrogen and oxygen atoms in total. The van der Waals surface area contributed by atoms with Crippen LogP contribution < -0.4 is 5.32 Å². The molecule has 0 radical (unpaired) electrons. The van der Waals surface area contributed by atoms with Crippen LogP contribution in [0.1, 0.15) is 27.7 Å². The van der Waals surface area contributed by atoms with E-state index in [4.69, 9.17) is 0 Å². The number of nitrogens with one attached hydrogen (secondary N) is 1. The standard InChI is InChI=1S/C15H14F2N4OS2/c1-9-12(24-14(20-9)10-3-7-23-8-10)13(22)19-4-2-11-18-5-6-21(11)15(16)17/h3,5-8,15H,2,4H2,1H3,(H,19,22). The van der Waals surface area contributed by atoms with Crippen molar-refractivity contribution in [3.05, 3.63) is 45.6 Å².